The lowest BCUT2D eigenvalue weighted by Crippen LogP contribution is -2.10. The van der Waals surface area contributed by atoms with Crippen molar-refractivity contribution in [2.75, 3.05) is 11.9 Å². The van der Waals surface area contributed by atoms with Gasteiger partial charge in [0, 0.05) is 6.54 Å². The average Bonchev–Trinajstić information content (AvgIpc) is 3.16. The molecule has 0 aliphatic rings. The number of thiophene rings is 1. The summed E-state index contributed by atoms with van der Waals surface area (Å²) in [5, 5.41) is 9.31. The van der Waals surface area contributed by atoms with Crippen molar-refractivity contribution in [2.45, 2.75) is 20.3 Å². The van der Waals surface area contributed by atoms with Crippen molar-refractivity contribution in [3.63, 3.8) is 0 Å². The Balaban J connectivity index is 2.07. The van der Waals surface area contributed by atoms with E-state index in [9.17, 15) is 0 Å². The molecule has 0 aliphatic carbocycles. The highest BCUT2D eigenvalue weighted by molar-refractivity contribution is 7.13. The third-order valence-electron chi connectivity index (χ3n) is 2.85. The SMILES string of the molecule is CCCNc1nc(-c2sccc2C)nc(-n2cncn2)n1. The van der Waals surface area contributed by atoms with Gasteiger partial charge in [0.15, 0.2) is 5.82 Å². The van der Waals surface area contributed by atoms with Crippen LogP contribution in [0.3, 0.4) is 0 Å². The molecule has 0 unspecified atom stereocenters. The minimum absolute atomic E-state index is 0.462. The molecule has 0 spiro atoms. The molecular formula is C13H15N7S. The van der Waals surface area contributed by atoms with Gasteiger partial charge in [-0.25, -0.2) is 4.98 Å². The molecule has 21 heavy (non-hydrogen) atoms. The van der Waals surface area contributed by atoms with Crippen LogP contribution in [0.5, 0.6) is 0 Å². The van der Waals surface area contributed by atoms with Gasteiger partial charge < -0.3 is 5.32 Å². The number of hydrogen-bond acceptors (Lipinski definition) is 7. The first-order chi connectivity index (χ1) is 10.3. The van der Waals surface area contributed by atoms with Crippen LogP contribution in [0.1, 0.15) is 18.9 Å². The highest BCUT2D eigenvalue weighted by atomic mass is 32.1. The molecule has 108 valence electrons. The number of rotatable bonds is 5. The van der Waals surface area contributed by atoms with Crippen LogP contribution in [0.2, 0.25) is 0 Å². The molecule has 0 aromatic carbocycles. The van der Waals surface area contributed by atoms with Crippen molar-refractivity contribution < 1.29 is 0 Å². The lowest BCUT2D eigenvalue weighted by atomic mass is 10.3. The highest BCUT2D eigenvalue weighted by Crippen LogP contribution is 2.26. The molecular weight excluding hydrogens is 286 g/mol. The van der Waals surface area contributed by atoms with E-state index in [4.69, 9.17) is 0 Å². The van der Waals surface area contributed by atoms with Crippen LogP contribution in [0.15, 0.2) is 24.1 Å². The second-order valence-electron chi connectivity index (χ2n) is 4.48. The third-order valence-corrected chi connectivity index (χ3v) is 3.86. The summed E-state index contributed by atoms with van der Waals surface area (Å²) in [4.78, 5) is 18.4. The monoisotopic (exact) mass is 301 g/mol. The Morgan fingerprint density at radius 2 is 2.19 bits per heavy atom. The van der Waals surface area contributed by atoms with Crippen molar-refractivity contribution in [1.82, 2.24) is 29.7 Å². The summed E-state index contributed by atoms with van der Waals surface area (Å²) in [6.45, 7) is 4.95. The first kappa shape index (κ1) is 13.6. The van der Waals surface area contributed by atoms with Crippen molar-refractivity contribution in [3.05, 3.63) is 29.7 Å². The summed E-state index contributed by atoms with van der Waals surface area (Å²) in [7, 11) is 0. The Bertz CT molecular complexity index is 720. The zero-order valence-electron chi connectivity index (χ0n) is 11.8. The smallest absolute Gasteiger partial charge is 0.257 e. The molecule has 0 saturated carbocycles. The maximum absolute atomic E-state index is 4.50. The Kier molecular flexibility index (Phi) is 3.87. The standard InChI is InChI=1S/C13H15N7S/c1-3-5-15-12-17-11(10-9(2)4-6-21-10)18-13(19-12)20-8-14-7-16-20/h4,6-8H,3,5H2,1-2H3,(H,15,17,18,19). The summed E-state index contributed by atoms with van der Waals surface area (Å²) >= 11 is 1.62. The molecule has 3 aromatic heterocycles. The Labute approximate surface area is 126 Å². The molecule has 0 fully saturated rings. The van der Waals surface area contributed by atoms with Gasteiger partial charge in [-0.05, 0) is 30.4 Å². The minimum atomic E-state index is 0.462. The van der Waals surface area contributed by atoms with Crippen LogP contribution in [0.4, 0.5) is 5.95 Å². The fourth-order valence-electron chi connectivity index (χ4n) is 1.80. The largest absolute Gasteiger partial charge is 0.354 e. The lowest BCUT2D eigenvalue weighted by molar-refractivity contribution is 0.795. The van der Waals surface area contributed by atoms with Gasteiger partial charge in [-0.3, -0.25) is 0 Å². The molecule has 3 aromatic rings. The summed E-state index contributed by atoms with van der Waals surface area (Å²) in [6, 6.07) is 2.05. The number of aromatic nitrogens is 6. The van der Waals surface area contributed by atoms with E-state index in [1.807, 2.05) is 12.3 Å². The third kappa shape index (κ3) is 2.89. The van der Waals surface area contributed by atoms with Gasteiger partial charge in [-0.15, -0.1) is 11.3 Å². The van der Waals surface area contributed by atoms with E-state index in [0.29, 0.717) is 17.7 Å². The minimum Gasteiger partial charge on any atom is -0.354 e. The Morgan fingerprint density at radius 3 is 2.86 bits per heavy atom. The van der Waals surface area contributed by atoms with Crippen LogP contribution in [0, 0.1) is 6.92 Å². The number of hydrogen-bond donors (Lipinski definition) is 1. The normalized spacial score (nSPS) is 10.8. The molecule has 0 radical (unpaired) electrons. The number of nitrogens with one attached hydrogen (secondary N) is 1. The van der Waals surface area contributed by atoms with Crippen LogP contribution < -0.4 is 5.32 Å². The summed E-state index contributed by atoms with van der Waals surface area (Å²) in [5.41, 5.74) is 1.15. The van der Waals surface area contributed by atoms with Crippen molar-refractivity contribution in [1.29, 1.82) is 0 Å². The van der Waals surface area contributed by atoms with Crippen LogP contribution >= 0.6 is 11.3 Å². The summed E-state index contributed by atoms with van der Waals surface area (Å²) in [5.74, 6) is 1.67. The quantitative estimate of drug-likeness (QED) is 0.779. The molecule has 7 nitrogen and oxygen atoms in total. The van der Waals surface area contributed by atoms with E-state index in [0.717, 1.165) is 23.4 Å². The highest BCUT2D eigenvalue weighted by Gasteiger charge is 2.13. The summed E-state index contributed by atoms with van der Waals surface area (Å²) < 4.78 is 1.53. The number of nitrogens with zero attached hydrogens (tertiary/aromatic N) is 6. The zero-order chi connectivity index (χ0) is 14.7. The van der Waals surface area contributed by atoms with Gasteiger partial charge in [0.1, 0.15) is 12.7 Å². The van der Waals surface area contributed by atoms with Crippen molar-refractivity contribution in [3.8, 4) is 16.6 Å². The van der Waals surface area contributed by atoms with Gasteiger partial charge >= 0.3 is 0 Å². The van der Waals surface area contributed by atoms with Crippen molar-refractivity contribution >= 4 is 17.3 Å². The molecule has 0 saturated heterocycles. The predicted molar refractivity (Wildman–Crippen MR) is 81.6 cm³/mol. The first-order valence-corrected chi connectivity index (χ1v) is 7.55. The Hall–Kier alpha value is -2.35. The van der Waals surface area contributed by atoms with Crippen LogP contribution in [0.25, 0.3) is 16.6 Å². The van der Waals surface area contributed by atoms with Gasteiger partial charge in [-0.1, -0.05) is 6.92 Å². The van der Waals surface area contributed by atoms with E-state index < -0.39 is 0 Å². The van der Waals surface area contributed by atoms with E-state index >= 15 is 0 Å². The fourth-order valence-corrected chi connectivity index (χ4v) is 2.66. The predicted octanol–water partition coefficient (Wildman–Crippen LogP) is 2.31. The molecule has 0 bridgehead atoms. The molecule has 3 heterocycles. The van der Waals surface area contributed by atoms with Crippen LogP contribution in [-0.4, -0.2) is 36.3 Å². The molecule has 3 rings (SSSR count). The average molecular weight is 301 g/mol. The maximum Gasteiger partial charge on any atom is 0.257 e. The second-order valence-corrected chi connectivity index (χ2v) is 5.40. The Morgan fingerprint density at radius 1 is 1.29 bits per heavy atom. The van der Waals surface area contributed by atoms with Gasteiger partial charge in [0.2, 0.25) is 5.95 Å². The topological polar surface area (TPSA) is 81.4 Å². The second kappa shape index (κ2) is 5.96. The molecule has 8 heteroatoms. The van der Waals surface area contributed by atoms with Crippen molar-refractivity contribution in [2.24, 2.45) is 0 Å². The van der Waals surface area contributed by atoms with Gasteiger partial charge in [0.05, 0.1) is 4.88 Å². The van der Waals surface area contributed by atoms with E-state index in [1.165, 1.54) is 11.0 Å². The summed E-state index contributed by atoms with van der Waals surface area (Å²) in [6.07, 6.45) is 4.03. The lowest BCUT2D eigenvalue weighted by Gasteiger charge is -2.07. The van der Waals surface area contributed by atoms with E-state index in [-0.39, 0.29) is 0 Å². The maximum atomic E-state index is 4.50. The van der Waals surface area contributed by atoms with Crippen LogP contribution in [-0.2, 0) is 0 Å². The van der Waals surface area contributed by atoms with Gasteiger partial charge in [0.25, 0.3) is 5.95 Å². The van der Waals surface area contributed by atoms with E-state index in [2.05, 4.69) is 43.3 Å². The number of anilines is 1. The molecule has 0 atom stereocenters. The van der Waals surface area contributed by atoms with E-state index in [1.54, 1.807) is 17.7 Å². The molecule has 0 amide bonds. The first-order valence-electron chi connectivity index (χ1n) is 6.67. The number of aryl methyl sites for hydroxylation is 1. The molecule has 0 aliphatic heterocycles. The van der Waals surface area contributed by atoms with Gasteiger partial charge in [-0.2, -0.15) is 24.7 Å². The fraction of sp³-hybridized carbons (Fsp3) is 0.308. The molecule has 1 N–H and O–H groups in total. The zero-order valence-corrected chi connectivity index (χ0v) is 12.6.